The molecular formula is C8H10N4O2. The van der Waals surface area contributed by atoms with Gasteiger partial charge in [-0.05, 0) is 13.8 Å². The number of aromatic nitrogens is 4. The summed E-state index contributed by atoms with van der Waals surface area (Å²) in [6.45, 7) is 3.84. The zero-order chi connectivity index (χ0) is 10.3. The van der Waals surface area contributed by atoms with Gasteiger partial charge in [0.2, 0.25) is 0 Å². The Labute approximate surface area is 78.8 Å². The standard InChI is InChI=1S/C8H10N4O2/c1-3-11-7(13)9-6-4-5(2)10-12(6)8(11)14/h4H,3H2,1-2H3,(H,9,13). The van der Waals surface area contributed by atoms with Crippen molar-refractivity contribution in [3.8, 4) is 0 Å². The molecule has 0 fully saturated rings. The maximum atomic E-state index is 11.6. The van der Waals surface area contributed by atoms with Gasteiger partial charge in [-0.1, -0.05) is 0 Å². The molecule has 0 radical (unpaired) electrons. The van der Waals surface area contributed by atoms with Crippen LogP contribution >= 0.6 is 0 Å². The van der Waals surface area contributed by atoms with E-state index in [2.05, 4.69) is 10.1 Å². The number of H-pyrrole nitrogens is 1. The van der Waals surface area contributed by atoms with Crippen LogP contribution in [0.3, 0.4) is 0 Å². The number of fused-ring (bicyclic) bond motifs is 1. The van der Waals surface area contributed by atoms with E-state index in [4.69, 9.17) is 0 Å². The quantitative estimate of drug-likeness (QED) is 0.666. The fourth-order valence-electron chi connectivity index (χ4n) is 1.39. The van der Waals surface area contributed by atoms with Gasteiger partial charge >= 0.3 is 11.4 Å². The van der Waals surface area contributed by atoms with Gasteiger partial charge in [0.1, 0.15) is 5.65 Å². The van der Waals surface area contributed by atoms with Gasteiger partial charge in [0.05, 0.1) is 5.69 Å². The minimum Gasteiger partial charge on any atom is -0.292 e. The fraction of sp³-hybridized carbons (Fsp3) is 0.375. The van der Waals surface area contributed by atoms with Crippen LogP contribution in [-0.2, 0) is 6.54 Å². The Bertz CT molecular complexity index is 589. The molecule has 0 aliphatic heterocycles. The second-order valence-electron chi connectivity index (χ2n) is 3.04. The lowest BCUT2D eigenvalue weighted by molar-refractivity contribution is 0.617. The third-order valence-electron chi connectivity index (χ3n) is 2.04. The van der Waals surface area contributed by atoms with Gasteiger partial charge in [-0.15, -0.1) is 0 Å². The van der Waals surface area contributed by atoms with Crippen LogP contribution < -0.4 is 11.4 Å². The lowest BCUT2D eigenvalue weighted by Gasteiger charge is -1.99. The van der Waals surface area contributed by atoms with Crippen molar-refractivity contribution in [2.24, 2.45) is 0 Å². The van der Waals surface area contributed by atoms with Crippen molar-refractivity contribution in [3.05, 3.63) is 32.7 Å². The van der Waals surface area contributed by atoms with Crippen molar-refractivity contribution in [2.75, 3.05) is 0 Å². The highest BCUT2D eigenvalue weighted by atomic mass is 16.2. The lowest BCUT2D eigenvalue weighted by atomic mass is 10.5. The van der Waals surface area contributed by atoms with E-state index in [0.717, 1.165) is 4.57 Å². The van der Waals surface area contributed by atoms with Gasteiger partial charge in [-0.2, -0.15) is 9.61 Å². The van der Waals surface area contributed by atoms with Gasteiger partial charge < -0.3 is 0 Å². The molecule has 2 rings (SSSR count). The molecule has 0 atom stereocenters. The average Bonchev–Trinajstić information content (AvgIpc) is 2.47. The molecular weight excluding hydrogens is 184 g/mol. The van der Waals surface area contributed by atoms with Crippen LogP contribution in [0, 0.1) is 6.92 Å². The van der Waals surface area contributed by atoms with E-state index in [0.29, 0.717) is 17.9 Å². The maximum absolute atomic E-state index is 11.6. The molecule has 2 aromatic heterocycles. The van der Waals surface area contributed by atoms with E-state index in [1.165, 1.54) is 4.52 Å². The van der Waals surface area contributed by atoms with Crippen LogP contribution in [0.4, 0.5) is 0 Å². The molecule has 0 aliphatic carbocycles. The molecule has 0 unspecified atom stereocenters. The fourth-order valence-corrected chi connectivity index (χ4v) is 1.39. The Morgan fingerprint density at radius 3 is 2.86 bits per heavy atom. The van der Waals surface area contributed by atoms with Crippen LogP contribution in [0.5, 0.6) is 0 Å². The molecule has 0 bridgehead atoms. The molecule has 74 valence electrons. The second-order valence-corrected chi connectivity index (χ2v) is 3.04. The molecule has 0 aromatic carbocycles. The molecule has 0 saturated carbocycles. The maximum Gasteiger partial charge on any atom is 0.354 e. The first-order chi connectivity index (χ1) is 6.63. The Kier molecular flexibility index (Phi) is 1.77. The summed E-state index contributed by atoms with van der Waals surface area (Å²) in [5.74, 6) is 0. The molecule has 6 heteroatoms. The van der Waals surface area contributed by atoms with Crippen LogP contribution in [0.2, 0.25) is 0 Å². The largest absolute Gasteiger partial charge is 0.354 e. The molecule has 0 amide bonds. The molecule has 2 heterocycles. The monoisotopic (exact) mass is 194 g/mol. The number of hydrogen-bond donors (Lipinski definition) is 1. The Balaban J connectivity index is 3.00. The summed E-state index contributed by atoms with van der Waals surface area (Å²) in [4.78, 5) is 25.6. The van der Waals surface area contributed by atoms with E-state index in [1.54, 1.807) is 19.9 Å². The number of hydrogen-bond acceptors (Lipinski definition) is 3. The van der Waals surface area contributed by atoms with Crippen molar-refractivity contribution in [1.82, 2.24) is 19.2 Å². The Hall–Kier alpha value is -1.85. The number of nitrogens with one attached hydrogen (secondary N) is 1. The van der Waals surface area contributed by atoms with E-state index in [-0.39, 0.29) is 0 Å². The summed E-state index contributed by atoms with van der Waals surface area (Å²) in [6.07, 6.45) is 0. The van der Waals surface area contributed by atoms with Gasteiger partial charge in [0.15, 0.2) is 0 Å². The number of aryl methyl sites for hydroxylation is 1. The molecule has 1 N–H and O–H groups in total. The van der Waals surface area contributed by atoms with Crippen LogP contribution in [0.25, 0.3) is 5.65 Å². The summed E-state index contributed by atoms with van der Waals surface area (Å²) in [7, 11) is 0. The van der Waals surface area contributed by atoms with E-state index < -0.39 is 11.4 Å². The first kappa shape index (κ1) is 8.74. The Morgan fingerprint density at radius 2 is 2.21 bits per heavy atom. The average molecular weight is 194 g/mol. The molecule has 2 aromatic rings. The zero-order valence-electron chi connectivity index (χ0n) is 7.94. The third kappa shape index (κ3) is 1.07. The van der Waals surface area contributed by atoms with Crippen LogP contribution in [0.1, 0.15) is 12.6 Å². The number of nitrogens with zero attached hydrogens (tertiary/aromatic N) is 3. The Morgan fingerprint density at radius 1 is 1.50 bits per heavy atom. The van der Waals surface area contributed by atoms with Gasteiger partial charge in [0, 0.05) is 12.6 Å². The minimum atomic E-state index is -0.403. The summed E-state index contributed by atoms with van der Waals surface area (Å²) in [6, 6.07) is 1.66. The first-order valence-electron chi connectivity index (χ1n) is 4.33. The summed E-state index contributed by atoms with van der Waals surface area (Å²) in [5, 5.41) is 3.98. The molecule has 0 spiro atoms. The van der Waals surface area contributed by atoms with Crippen molar-refractivity contribution < 1.29 is 0 Å². The number of aromatic amines is 1. The van der Waals surface area contributed by atoms with Crippen LogP contribution in [0.15, 0.2) is 15.7 Å². The molecule has 0 saturated heterocycles. The van der Waals surface area contributed by atoms with Crippen molar-refractivity contribution >= 4 is 5.65 Å². The van der Waals surface area contributed by atoms with Crippen molar-refractivity contribution in [2.45, 2.75) is 20.4 Å². The SMILES string of the molecule is CCn1c(=O)[nH]c2cc(C)nn2c1=O. The minimum absolute atomic E-state index is 0.336. The third-order valence-corrected chi connectivity index (χ3v) is 2.04. The first-order valence-corrected chi connectivity index (χ1v) is 4.33. The summed E-state index contributed by atoms with van der Waals surface area (Å²) >= 11 is 0. The van der Waals surface area contributed by atoms with Gasteiger partial charge in [-0.25, -0.2) is 14.2 Å². The predicted octanol–water partition coefficient (Wildman–Crippen LogP) is -0.487. The lowest BCUT2D eigenvalue weighted by Crippen LogP contribution is -2.38. The smallest absolute Gasteiger partial charge is 0.292 e. The van der Waals surface area contributed by atoms with Gasteiger partial charge in [0.25, 0.3) is 0 Å². The number of rotatable bonds is 1. The van der Waals surface area contributed by atoms with Crippen molar-refractivity contribution in [3.63, 3.8) is 0 Å². The van der Waals surface area contributed by atoms with E-state index in [9.17, 15) is 9.59 Å². The normalized spacial score (nSPS) is 11.0. The molecule has 14 heavy (non-hydrogen) atoms. The highest BCUT2D eigenvalue weighted by Crippen LogP contribution is 1.95. The highest BCUT2D eigenvalue weighted by molar-refractivity contribution is 5.36. The molecule has 6 nitrogen and oxygen atoms in total. The van der Waals surface area contributed by atoms with E-state index in [1.807, 2.05) is 0 Å². The second kappa shape index (κ2) is 2.83. The van der Waals surface area contributed by atoms with Gasteiger partial charge in [-0.3, -0.25) is 4.98 Å². The highest BCUT2D eigenvalue weighted by Gasteiger charge is 2.06. The zero-order valence-corrected chi connectivity index (χ0v) is 7.94. The topological polar surface area (TPSA) is 72.2 Å². The summed E-state index contributed by atoms with van der Waals surface area (Å²) < 4.78 is 2.29. The van der Waals surface area contributed by atoms with E-state index >= 15 is 0 Å². The molecule has 0 aliphatic rings. The predicted molar refractivity (Wildman–Crippen MR) is 50.5 cm³/mol. The van der Waals surface area contributed by atoms with Crippen molar-refractivity contribution in [1.29, 1.82) is 0 Å². The summed E-state index contributed by atoms with van der Waals surface area (Å²) in [5.41, 5.74) is 0.332. The van der Waals surface area contributed by atoms with Crippen LogP contribution in [-0.4, -0.2) is 19.2 Å².